The van der Waals surface area contributed by atoms with Gasteiger partial charge in [-0.05, 0) is 50.1 Å². The van der Waals surface area contributed by atoms with E-state index in [4.69, 9.17) is 14.0 Å². The standard InChI is InChI=1S/C25H28N2O5/c1-4-14-31-27-17(2)22(25(28)29)15-19-10-12-21(13-11-19)30-16-23-18(3)32-24(26-23)20-8-6-5-7-9-20/h5-13,27H,4,14-16H2,1-3H3,(H,28,29). The maximum atomic E-state index is 11.6. The van der Waals surface area contributed by atoms with E-state index in [1.54, 1.807) is 6.92 Å². The van der Waals surface area contributed by atoms with Gasteiger partial charge < -0.3 is 14.3 Å². The SMILES string of the molecule is CCCONC(C)=C(Cc1ccc(OCc2nc(-c3ccccc3)oc2C)cc1)C(=O)O. The number of hydrogen-bond donors (Lipinski definition) is 2. The largest absolute Gasteiger partial charge is 0.487 e. The smallest absolute Gasteiger partial charge is 0.333 e. The van der Waals surface area contributed by atoms with Crippen molar-refractivity contribution in [3.63, 3.8) is 0 Å². The summed E-state index contributed by atoms with van der Waals surface area (Å²) < 4.78 is 11.6. The van der Waals surface area contributed by atoms with Gasteiger partial charge in [0.15, 0.2) is 0 Å². The number of benzene rings is 2. The fraction of sp³-hybridized carbons (Fsp3) is 0.280. The molecule has 0 fully saturated rings. The van der Waals surface area contributed by atoms with Gasteiger partial charge in [0.1, 0.15) is 23.8 Å². The molecule has 1 heterocycles. The number of hydrogen-bond acceptors (Lipinski definition) is 6. The van der Waals surface area contributed by atoms with Gasteiger partial charge in [0.2, 0.25) is 5.89 Å². The first-order chi connectivity index (χ1) is 15.5. The highest BCUT2D eigenvalue weighted by molar-refractivity contribution is 5.87. The van der Waals surface area contributed by atoms with Crippen molar-refractivity contribution in [2.45, 2.75) is 40.2 Å². The van der Waals surface area contributed by atoms with Crippen LogP contribution in [0, 0.1) is 6.92 Å². The molecule has 32 heavy (non-hydrogen) atoms. The number of aryl methyl sites for hydroxylation is 1. The summed E-state index contributed by atoms with van der Waals surface area (Å²) >= 11 is 0. The summed E-state index contributed by atoms with van der Waals surface area (Å²) in [6.45, 7) is 6.32. The lowest BCUT2D eigenvalue weighted by Crippen LogP contribution is -2.18. The van der Waals surface area contributed by atoms with E-state index in [1.165, 1.54) is 0 Å². The Bertz CT molecular complexity index is 1060. The lowest BCUT2D eigenvalue weighted by atomic mass is 10.0. The number of rotatable bonds is 11. The fourth-order valence-corrected chi connectivity index (χ4v) is 3.02. The van der Waals surface area contributed by atoms with Crippen LogP contribution in [0.2, 0.25) is 0 Å². The zero-order valence-electron chi connectivity index (χ0n) is 18.6. The van der Waals surface area contributed by atoms with Crippen LogP contribution in [0.25, 0.3) is 11.5 Å². The van der Waals surface area contributed by atoms with E-state index in [1.807, 2.05) is 68.4 Å². The minimum Gasteiger partial charge on any atom is -0.487 e. The molecule has 0 radical (unpaired) electrons. The molecular weight excluding hydrogens is 408 g/mol. The maximum absolute atomic E-state index is 11.6. The van der Waals surface area contributed by atoms with E-state index in [0.29, 0.717) is 29.7 Å². The van der Waals surface area contributed by atoms with Gasteiger partial charge in [0, 0.05) is 17.7 Å². The van der Waals surface area contributed by atoms with Crippen molar-refractivity contribution in [2.24, 2.45) is 0 Å². The highest BCUT2D eigenvalue weighted by Crippen LogP contribution is 2.23. The number of hydroxylamine groups is 1. The van der Waals surface area contributed by atoms with Gasteiger partial charge in [-0.2, -0.15) is 0 Å². The van der Waals surface area contributed by atoms with Crippen molar-refractivity contribution in [1.29, 1.82) is 0 Å². The first kappa shape index (κ1) is 23.1. The number of nitrogens with one attached hydrogen (secondary N) is 1. The molecule has 0 aliphatic carbocycles. The third kappa shape index (κ3) is 6.21. The molecule has 0 unspecified atom stereocenters. The number of carboxylic acid groups (broad SMARTS) is 1. The Labute approximate surface area is 187 Å². The van der Waals surface area contributed by atoms with Crippen molar-refractivity contribution in [3.05, 3.63) is 82.9 Å². The second-order valence-corrected chi connectivity index (χ2v) is 7.36. The number of nitrogens with zero attached hydrogens (tertiary/aromatic N) is 1. The van der Waals surface area contributed by atoms with E-state index in [0.717, 1.165) is 23.2 Å². The molecule has 0 aliphatic heterocycles. The summed E-state index contributed by atoms with van der Waals surface area (Å²) in [5.74, 6) is 0.965. The predicted molar refractivity (Wildman–Crippen MR) is 121 cm³/mol. The van der Waals surface area contributed by atoms with Crippen molar-refractivity contribution in [1.82, 2.24) is 10.5 Å². The third-order valence-electron chi connectivity index (χ3n) is 4.84. The molecule has 1 aromatic heterocycles. The highest BCUT2D eigenvalue weighted by Gasteiger charge is 2.14. The van der Waals surface area contributed by atoms with Gasteiger partial charge in [-0.3, -0.25) is 10.3 Å². The molecule has 2 aromatic carbocycles. The van der Waals surface area contributed by atoms with Crippen LogP contribution in [0.15, 0.2) is 70.3 Å². The van der Waals surface area contributed by atoms with Gasteiger partial charge in [0.25, 0.3) is 0 Å². The van der Waals surface area contributed by atoms with E-state index in [-0.39, 0.29) is 18.6 Å². The Morgan fingerprint density at radius 2 is 1.84 bits per heavy atom. The van der Waals surface area contributed by atoms with Crippen LogP contribution in [-0.2, 0) is 22.7 Å². The summed E-state index contributed by atoms with van der Waals surface area (Å²) in [6, 6.07) is 17.1. The normalized spacial score (nSPS) is 11.7. The monoisotopic (exact) mass is 436 g/mol. The molecule has 0 saturated heterocycles. The first-order valence-corrected chi connectivity index (χ1v) is 10.5. The molecule has 0 bridgehead atoms. The molecule has 0 amide bonds. The molecule has 0 spiro atoms. The molecule has 168 valence electrons. The van der Waals surface area contributed by atoms with Crippen LogP contribution in [0.3, 0.4) is 0 Å². The minimum absolute atomic E-state index is 0.251. The van der Waals surface area contributed by atoms with Crippen LogP contribution in [0.1, 0.15) is 37.3 Å². The zero-order valence-corrected chi connectivity index (χ0v) is 18.6. The lowest BCUT2D eigenvalue weighted by Gasteiger charge is -2.11. The average Bonchev–Trinajstić information content (AvgIpc) is 3.18. The van der Waals surface area contributed by atoms with Crippen LogP contribution in [-0.4, -0.2) is 22.7 Å². The van der Waals surface area contributed by atoms with E-state index < -0.39 is 5.97 Å². The Balaban J connectivity index is 1.62. The second-order valence-electron chi connectivity index (χ2n) is 7.36. The van der Waals surface area contributed by atoms with Gasteiger partial charge in [0.05, 0.1) is 12.2 Å². The van der Waals surface area contributed by atoms with Crippen LogP contribution in [0.5, 0.6) is 5.75 Å². The number of allylic oxidation sites excluding steroid dienone is 1. The predicted octanol–water partition coefficient (Wildman–Crippen LogP) is 5.06. The Kier molecular flexibility index (Phi) is 8.05. The average molecular weight is 437 g/mol. The summed E-state index contributed by atoms with van der Waals surface area (Å²) in [4.78, 5) is 21.4. The number of oxazole rings is 1. The number of aromatic nitrogens is 1. The topological polar surface area (TPSA) is 93.8 Å². The summed E-state index contributed by atoms with van der Waals surface area (Å²) in [6.07, 6.45) is 1.11. The molecule has 3 aromatic rings. The van der Waals surface area contributed by atoms with Crippen LogP contribution >= 0.6 is 0 Å². The molecule has 0 saturated carbocycles. The summed E-state index contributed by atoms with van der Waals surface area (Å²) in [7, 11) is 0. The number of carboxylic acids is 1. The zero-order chi connectivity index (χ0) is 22.9. The van der Waals surface area contributed by atoms with Crippen molar-refractivity contribution in [2.75, 3.05) is 6.61 Å². The Morgan fingerprint density at radius 1 is 1.12 bits per heavy atom. The molecule has 2 N–H and O–H groups in total. The summed E-state index contributed by atoms with van der Waals surface area (Å²) in [5, 5.41) is 9.54. The van der Waals surface area contributed by atoms with Gasteiger partial charge in [-0.15, -0.1) is 0 Å². The van der Waals surface area contributed by atoms with Crippen molar-refractivity contribution >= 4 is 5.97 Å². The van der Waals surface area contributed by atoms with Crippen molar-refractivity contribution in [3.8, 4) is 17.2 Å². The van der Waals surface area contributed by atoms with E-state index in [2.05, 4.69) is 10.5 Å². The van der Waals surface area contributed by atoms with Crippen molar-refractivity contribution < 1.29 is 23.9 Å². The number of aliphatic carboxylic acids is 1. The molecule has 0 aliphatic rings. The van der Waals surface area contributed by atoms with Gasteiger partial charge >= 0.3 is 5.97 Å². The highest BCUT2D eigenvalue weighted by atomic mass is 16.6. The molecular formula is C25H28N2O5. The van der Waals surface area contributed by atoms with E-state index >= 15 is 0 Å². The van der Waals surface area contributed by atoms with Gasteiger partial charge in [-0.1, -0.05) is 37.3 Å². The maximum Gasteiger partial charge on any atom is 0.333 e. The van der Waals surface area contributed by atoms with E-state index in [9.17, 15) is 9.90 Å². The quantitative estimate of drug-likeness (QED) is 0.246. The number of ether oxygens (including phenoxy) is 1. The summed E-state index contributed by atoms with van der Waals surface area (Å²) in [5.41, 5.74) is 5.96. The van der Waals surface area contributed by atoms with Gasteiger partial charge in [-0.25, -0.2) is 9.78 Å². The van der Waals surface area contributed by atoms with Crippen LogP contribution in [0.4, 0.5) is 0 Å². The second kappa shape index (κ2) is 11.2. The number of carbonyl (C=O) groups is 1. The first-order valence-electron chi connectivity index (χ1n) is 10.5. The van der Waals surface area contributed by atoms with Crippen LogP contribution < -0.4 is 10.2 Å². The molecule has 7 heteroatoms. The molecule has 0 atom stereocenters. The third-order valence-corrected chi connectivity index (χ3v) is 4.84. The Morgan fingerprint density at radius 3 is 2.50 bits per heavy atom. The minimum atomic E-state index is -0.980. The molecule has 7 nitrogen and oxygen atoms in total. The Hall–Kier alpha value is -3.58. The molecule has 3 rings (SSSR count). The lowest BCUT2D eigenvalue weighted by molar-refractivity contribution is -0.132. The fourth-order valence-electron chi connectivity index (χ4n) is 3.02.